The third-order valence-corrected chi connectivity index (χ3v) is 3.59. The summed E-state index contributed by atoms with van der Waals surface area (Å²) in [7, 11) is 0. The lowest BCUT2D eigenvalue weighted by Crippen LogP contribution is -2.09. The van der Waals surface area contributed by atoms with Gasteiger partial charge in [-0.3, -0.25) is 9.74 Å². The zero-order valence-corrected chi connectivity index (χ0v) is 15.6. The lowest BCUT2D eigenvalue weighted by Gasteiger charge is -2.14. The van der Waals surface area contributed by atoms with Crippen LogP contribution < -0.4 is 4.74 Å². The second kappa shape index (κ2) is 11.4. The maximum absolute atomic E-state index is 14.1. The van der Waals surface area contributed by atoms with E-state index in [0.717, 1.165) is 24.1 Å². The summed E-state index contributed by atoms with van der Waals surface area (Å²) in [5.41, 5.74) is 2.35. The topological polar surface area (TPSA) is 61.3 Å². The fourth-order valence-electron chi connectivity index (χ4n) is 2.36. The molecule has 0 spiro atoms. The molecule has 2 aromatic rings. The van der Waals surface area contributed by atoms with Crippen molar-refractivity contribution in [3.63, 3.8) is 0 Å². The SMILES string of the molecule is CCCc1nc(C)nc(OCC)c1Cc1ccc(Cl)cc1F.O=COF. The second-order valence-corrected chi connectivity index (χ2v) is 5.72. The first kappa shape index (κ1) is 21.8. The fraction of sp³-hybridized carbons (Fsp3) is 0.389. The smallest absolute Gasteiger partial charge is 0.337 e. The lowest BCUT2D eigenvalue weighted by molar-refractivity contribution is -0.165. The van der Waals surface area contributed by atoms with Crippen LogP contribution in [0.15, 0.2) is 18.2 Å². The van der Waals surface area contributed by atoms with Crippen LogP contribution in [0.25, 0.3) is 0 Å². The maximum Gasteiger partial charge on any atom is 0.337 e. The highest BCUT2D eigenvalue weighted by atomic mass is 35.5. The number of hydrogen-bond donors (Lipinski definition) is 0. The number of aromatic nitrogens is 2. The van der Waals surface area contributed by atoms with Crippen LogP contribution in [0.5, 0.6) is 5.88 Å². The molecule has 0 saturated heterocycles. The number of nitrogens with zero attached hydrogens (tertiary/aromatic N) is 2. The molecule has 26 heavy (non-hydrogen) atoms. The molecular formula is C18H21ClF2N2O3. The molecule has 0 atom stereocenters. The van der Waals surface area contributed by atoms with E-state index in [9.17, 15) is 8.92 Å². The third-order valence-electron chi connectivity index (χ3n) is 3.35. The molecule has 142 valence electrons. The van der Waals surface area contributed by atoms with Gasteiger partial charge in [-0.15, -0.1) is 0 Å². The molecule has 0 saturated carbocycles. The molecule has 0 bridgehead atoms. The first-order valence-corrected chi connectivity index (χ1v) is 8.48. The van der Waals surface area contributed by atoms with Crippen molar-refractivity contribution < 1.29 is 23.4 Å². The van der Waals surface area contributed by atoms with Crippen molar-refractivity contribution in [1.29, 1.82) is 0 Å². The molecule has 0 amide bonds. The van der Waals surface area contributed by atoms with Crippen LogP contribution in [0.3, 0.4) is 0 Å². The lowest BCUT2D eigenvalue weighted by atomic mass is 10.0. The van der Waals surface area contributed by atoms with Gasteiger partial charge in [-0.2, -0.15) is 4.98 Å². The van der Waals surface area contributed by atoms with E-state index in [1.54, 1.807) is 12.1 Å². The van der Waals surface area contributed by atoms with Gasteiger partial charge in [-0.1, -0.05) is 31.0 Å². The van der Waals surface area contributed by atoms with E-state index >= 15 is 0 Å². The number of carbonyl (C=O) groups is 1. The van der Waals surface area contributed by atoms with Crippen molar-refractivity contribution in [3.8, 4) is 5.88 Å². The monoisotopic (exact) mass is 386 g/mol. The van der Waals surface area contributed by atoms with Crippen LogP contribution in [0.1, 0.15) is 42.9 Å². The Morgan fingerprint density at radius 1 is 1.27 bits per heavy atom. The molecule has 8 heteroatoms. The molecule has 0 aliphatic rings. The van der Waals surface area contributed by atoms with E-state index < -0.39 is 0 Å². The highest BCUT2D eigenvalue weighted by Gasteiger charge is 2.16. The van der Waals surface area contributed by atoms with Gasteiger partial charge in [0.2, 0.25) is 5.88 Å². The molecule has 0 aliphatic heterocycles. The number of rotatable bonds is 7. The first-order chi connectivity index (χ1) is 12.5. The van der Waals surface area contributed by atoms with Gasteiger partial charge in [-0.25, -0.2) is 9.37 Å². The minimum Gasteiger partial charge on any atom is -0.478 e. The largest absolute Gasteiger partial charge is 0.478 e. The van der Waals surface area contributed by atoms with Gasteiger partial charge in [0.15, 0.2) is 0 Å². The molecule has 0 unspecified atom stereocenters. The van der Waals surface area contributed by atoms with E-state index in [0.29, 0.717) is 35.3 Å². The standard InChI is InChI=1S/C17H20ClFN2O.CHFO2/c1-4-6-16-14(17(22-5-2)21-11(3)20-16)9-12-7-8-13(18)10-15(12)19;2-4-1-3/h7-8,10H,4-6,9H2,1-3H3;1H. The summed E-state index contributed by atoms with van der Waals surface area (Å²) >= 11 is 5.81. The Balaban J connectivity index is 0.000000765. The Kier molecular flexibility index (Phi) is 9.51. The van der Waals surface area contributed by atoms with Crippen LogP contribution in [-0.4, -0.2) is 23.0 Å². The van der Waals surface area contributed by atoms with Gasteiger partial charge in [0.25, 0.3) is 0 Å². The number of benzene rings is 1. The van der Waals surface area contributed by atoms with Crippen molar-refractivity contribution in [2.45, 2.75) is 40.0 Å². The van der Waals surface area contributed by atoms with E-state index in [1.807, 2.05) is 13.8 Å². The Morgan fingerprint density at radius 3 is 2.50 bits per heavy atom. The van der Waals surface area contributed by atoms with E-state index in [-0.39, 0.29) is 12.3 Å². The number of aryl methyl sites for hydroxylation is 2. The number of ether oxygens (including phenoxy) is 1. The average Bonchev–Trinajstić information content (AvgIpc) is 2.60. The second-order valence-electron chi connectivity index (χ2n) is 5.28. The predicted octanol–water partition coefficient (Wildman–Crippen LogP) is 4.56. The fourth-order valence-corrected chi connectivity index (χ4v) is 2.52. The van der Waals surface area contributed by atoms with Gasteiger partial charge >= 0.3 is 6.47 Å². The van der Waals surface area contributed by atoms with Crippen molar-refractivity contribution in [1.82, 2.24) is 9.97 Å². The molecule has 5 nitrogen and oxygen atoms in total. The van der Waals surface area contributed by atoms with Crippen LogP contribution in [0.4, 0.5) is 8.92 Å². The summed E-state index contributed by atoms with van der Waals surface area (Å²) in [5.74, 6) is 0.901. The summed E-state index contributed by atoms with van der Waals surface area (Å²) in [6, 6.07) is 4.71. The number of halogens is 3. The summed E-state index contributed by atoms with van der Waals surface area (Å²) in [5, 5.41) is 0.389. The van der Waals surface area contributed by atoms with E-state index in [2.05, 4.69) is 21.8 Å². The summed E-state index contributed by atoms with van der Waals surface area (Å²) in [6.07, 6.45) is 2.17. The number of carbonyl (C=O) groups excluding carboxylic acids is 1. The maximum atomic E-state index is 14.1. The zero-order chi connectivity index (χ0) is 19.5. The highest BCUT2D eigenvalue weighted by Crippen LogP contribution is 2.26. The van der Waals surface area contributed by atoms with Crippen LogP contribution in [-0.2, 0) is 22.6 Å². The normalized spacial score (nSPS) is 9.92. The third kappa shape index (κ3) is 6.55. The Bertz CT molecular complexity index is 703. The van der Waals surface area contributed by atoms with Gasteiger partial charge in [0, 0.05) is 21.5 Å². The minimum atomic E-state index is -0.321. The van der Waals surface area contributed by atoms with Gasteiger partial charge < -0.3 is 4.74 Å². The first-order valence-electron chi connectivity index (χ1n) is 8.10. The number of hydrogen-bond acceptors (Lipinski definition) is 5. The van der Waals surface area contributed by atoms with Gasteiger partial charge in [0.1, 0.15) is 11.6 Å². The molecule has 1 aromatic heterocycles. The van der Waals surface area contributed by atoms with Crippen molar-refractivity contribution in [3.05, 3.63) is 51.7 Å². The summed E-state index contributed by atoms with van der Waals surface area (Å²) in [4.78, 5) is 19.8. The molecule has 1 heterocycles. The quantitative estimate of drug-likeness (QED) is 0.652. The van der Waals surface area contributed by atoms with Crippen molar-refractivity contribution in [2.24, 2.45) is 0 Å². The van der Waals surface area contributed by atoms with E-state index in [4.69, 9.17) is 21.1 Å². The van der Waals surface area contributed by atoms with Gasteiger partial charge in [0.05, 0.1) is 12.3 Å². The molecule has 1 aromatic carbocycles. The molecular weight excluding hydrogens is 366 g/mol. The molecule has 0 radical (unpaired) electrons. The van der Waals surface area contributed by atoms with Crippen LogP contribution in [0, 0.1) is 12.7 Å². The minimum absolute atomic E-state index is 0.292. The predicted molar refractivity (Wildman–Crippen MR) is 94.4 cm³/mol. The van der Waals surface area contributed by atoms with Crippen LogP contribution >= 0.6 is 11.6 Å². The highest BCUT2D eigenvalue weighted by molar-refractivity contribution is 6.30. The average molecular weight is 387 g/mol. The summed E-state index contributed by atoms with van der Waals surface area (Å²) in [6.45, 7) is 6.06. The molecule has 0 N–H and O–H groups in total. The molecule has 0 aliphatic carbocycles. The Morgan fingerprint density at radius 2 is 1.96 bits per heavy atom. The molecule has 2 rings (SSSR count). The van der Waals surface area contributed by atoms with Crippen molar-refractivity contribution in [2.75, 3.05) is 6.61 Å². The Hall–Kier alpha value is -2.28. The zero-order valence-electron chi connectivity index (χ0n) is 14.9. The van der Waals surface area contributed by atoms with E-state index in [1.165, 1.54) is 6.07 Å². The van der Waals surface area contributed by atoms with Crippen molar-refractivity contribution >= 4 is 18.1 Å². The Labute approximate surface area is 156 Å². The van der Waals surface area contributed by atoms with Gasteiger partial charge in [-0.05, 0) is 38.0 Å². The van der Waals surface area contributed by atoms with Crippen LogP contribution in [0.2, 0.25) is 5.02 Å². The molecule has 0 fully saturated rings. The summed E-state index contributed by atoms with van der Waals surface area (Å²) < 4.78 is 29.6.